The molecule has 0 fully saturated rings. The Balaban J connectivity index is 2.19. The first-order chi connectivity index (χ1) is 8.97. The van der Waals surface area contributed by atoms with Crippen LogP contribution < -0.4 is 17.0 Å². The Morgan fingerprint density at radius 3 is 2.58 bits per heavy atom. The van der Waals surface area contributed by atoms with E-state index >= 15 is 0 Å². The molecular weight excluding hydrogens is 246 g/mol. The molecule has 2 unspecified atom stereocenters. The lowest BCUT2D eigenvalue weighted by Gasteiger charge is -2.09. The highest BCUT2D eigenvalue weighted by molar-refractivity contribution is 5.68. The van der Waals surface area contributed by atoms with Gasteiger partial charge in [-0.2, -0.15) is 0 Å². The molecule has 0 aliphatic rings. The normalized spacial score (nSPS) is 14.7. The number of aromatic nitrogens is 4. The van der Waals surface area contributed by atoms with Crippen LogP contribution in [0.15, 0.2) is 9.59 Å². The second kappa shape index (κ2) is 5.40. The van der Waals surface area contributed by atoms with Gasteiger partial charge < -0.3 is 10.7 Å². The van der Waals surface area contributed by atoms with Crippen LogP contribution in [0.25, 0.3) is 11.2 Å². The van der Waals surface area contributed by atoms with E-state index < -0.39 is 11.2 Å². The summed E-state index contributed by atoms with van der Waals surface area (Å²) >= 11 is 0. The van der Waals surface area contributed by atoms with Crippen molar-refractivity contribution >= 4 is 11.2 Å². The number of H-pyrrole nitrogens is 3. The summed E-state index contributed by atoms with van der Waals surface area (Å²) in [6, 6.07) is 0.196. The van der Waals surface area contributed by atoms with E-state index in [4.69, 9.17) is 5.73 Å². The first-order valence-electron chi connectivity index (χ1n) is 6.45. The second-order valence-electron chi connectivity index (χ2n) is 5.06. The Hall–Kier alpha value is -1.89. The zero-order valence-electron chi connectivity index (χ0n) is 11.1. The van der Waals surface area contributed by atoms with E-state index in [2.05, 4.69) is 19.9 Å². The van der Waals surface area contributed by atoms with Crippen LogP contribution in [-0.2, 0) is 0 Å². The van der Waals surface area contributed by atoms with Gasteiger partial charge in [-0.05, 0) is 19.8 Å². The minimum atomic E-state index is -0.542. The lowest BCUT2D eigenvalue weighted by Crippen LogP contribution is -2.21. The van der Waals surface area contributed by atoms with E-state index in [9.17, 15) is 9.59 Å². The fraction of sp³-hybridized carbons (Fsp3) is 0.583. The first-order valence-corrected chi connectivity index (χ1v) is 6.45. The highest BCUT2D eigenvalue weighted by Gasteiger charge is 2.13. The highest BCUT2D eigenvalue weighted by Crippen LogP contribution is 2.19. The third-order valence-corrected chi connectivity index (χ3v) is 3.17. The van der Waals surface area contributed by atoms with Crippen LogP contribution in [0, 0.1) is 0 Å². The van der Waals surface area contributed by atoms with Gasteiger partial charge in [0.1, 0.15) is 11.3 Å². The predicted octanol–water partition coefficient (Wildman–Crippen LogP) is 0.561. The average molecular weight is 265 g/mol. The summed E-state index contributed by atoms with van der Waals surface area (Å²) in [5, 5.41) is 0. The quantitative estimate of drug-likeness (QED) is 0.631. The molecule has 0 amide bonds. The first kappa shape index (κ1) is 13.5. The molecule has 0 radical (unpaired) electrons. The zero-order valence-corrected chi connectivity index (χ0v) is 11.1. The molecule has 0 saturated heterocycles. The van der Waals surface area contributed by atoms with Crippen molar-refractivity contribution in [3.63, 3.8) is 0 Å². The summed E-state index contributed by atoms with van der Waals surface area (Å²) in [4.78, 5) is 34.6. The molecule has 2 aromatic rings. The molecule has 5 N–H and O–H groups in total. The molecule has 0 aromatic carbocycles. The summed E-state index contributed by atoms with van der Waals surface area (Å²) in [7, 11) is 0. The monoisotopic (exact) mass is 265 g/mol. The molecule has 2 aromatic heterocycles. The maximum Gasteiger partial charge on any atom is 0.327 e. The molecule has 7 nitrogen and oxygen atoms in total. The van der Waals surface area contributed by atoms with E-state index in [1.807, 2.05) is 13.8 Å². The lowest BCUT2D eigenvalue weighted by molar-refractivity contribution is 0.546. The summed E-state index contributed by atoms with van der Waals surface area (Å²) in [5.74, 6) is 0.904. The number of imidazole rings is 1. The fourth-order valence-corrected chi connectivity index (χ4v) is 2.07. The Labute approximate surface area is 109 Å². The fourth-order valence-electron chi connectivity index (χ4n) is 2.07. The van der Waals surface area contributed by atoms with E-state index in [-0.39, 0.29) is 12.0 Å². The van der Waals surface area contributed by atoms with E-state index in [0.29, 0.717) is 17.0 Å². The number of nitrogens with one attached hydrogen (secondary N) is 3. The van der Waals surface area contributed by atoms with Crippen molar-refractivity contribution in [2.24, 2.45) is 5.73 Å². The third-order valence-electron chi connectivity index (χ3n) is 3.17. The predicted molar refractivity (Wildman–Crippen MR) is 73.3 cm³/mol. The van der Waals surface area contributed by atoms with Crippen LogP contribution >= 0.6 is 0 Å². The smallest absolute Gasteiger partial charge is 0.327 e. The summed E-state index contributed by atoms with van der Waals surface area (Å²) in [6.45, 7) is 4.02. The van der Waals surface area contributed by atoms with Gasteiger partial charge in [0.2, 0.25) is 0 Å². The second-order valence-corrected chi connectivity index (χ2v) is 5.06. The SMILES string of the molecule is CC(N)CCCC(C)c1nc2[nH]c(=O)[nH]c(=O)c2[nH]1. The number of rotatable bonds is 5. The molecule has 2 atom stereocenters. The summed E-state index contributed by atoms with van der Waals surface area (Å²) in [5.41, 5.74) is 5.34. The Bertz CT molecular complexity index is 667. The van der Waals surface area contributed by atoms with Gasteiger partial charge in [-0.25, -0.2) is 9.78 Å². The van der Waals surface area contributed by atoms with Crippen LogP contribution in [0.3, 0.4) is 0 Å². The van der Waals surface area contributed by atoms with Gasteiger partial charge in [0.05, 0.1) is 0 Å². The average Bonchev–Trinajstić information content (AvgIpc) is 2.72. The molecule has 0 aliphatic carbocycles. The zero-order chi connectivity index (χ0) is 14.0. The number of hydrogen-bond donors (Lipinski definition) is 4. The largest absolute Gasteiger partial charge is 0.336 e. The van der Waals surface area contributed by atoms with Crippen LogP contribution in [0.4, 0.5) is 0 Å². The third kappa shape index (κ3) is 3.11. The summed E-state index contributed by atoms with van der Waals surface area (Å²) in [6.07, 6.45) is 2.90. The number of hydrogen-bond acceptors (Lipinski definition) is 4. The van der Waals surface area contributed by atoms with E-state index in [0.717, 1.165) is 19.3 Å². The molecular formula is C12H19N5O2. The van der Waals surface area contributed by atoms with Crippen molar-refractivity contribution in [1.29, 1.82) is 0 Å². The van der Waals surface area contributed by atoms with Crippen molar-refractivity contribution in [3.05, 3.63) is 26.7 Å². The van der Waals surface area contributed by atoms with Crippen molar-refractivity contribution in [1.82, 2.24) is 19.9 Å². The Kier molecular flexibility index (Phi) is 3.84. The van der Waals surface area contributed by atoms with Crippen LogP contribution in [-0.4, -0.2) is 26.0 Å². The lowest BCUT2D eigenvalue weighted by atomic mass is 10.0. The van der Waals surface area contributed by atoms with Crippen molar-refractivity contribution in [3.8, 4) is 0 Å². The number of nitrogens with zero attached hydrogens (tertiary/aromatic N) is 1. The molecule has 19 heavy (non-hydrogen) atoms. The van der Waals surface area contributed by atoms with Gasteiger partial charge in [-0.1, -0.05) is 13.3 Å². The van der Waals surface area contributed by atoms with Crippen LogP contribution in [0.5, 0.6) is 0 Å². The minimum absolute atomic E-state index is 0.189. The van der Waals surface area contributed by atoms with Gasteiger partial charge >= 0.3 is 5.69 Å². The van der Waals surface area contributed by atoms with Gasteiger partial charge in [-0.15, -0.1) is 0 Å². The molecule has 7 heteroatoms. The molecule has 0 aliphatic heterocycles. The maximum atomic E-state index is 11.6. The van der Waals surface area contributed by atoms with Gasteiger partial charge in [-0.3, -0.25) is 14.8 Å². The van der Waals surface area contributed by atoms with Crippen molar-refractivity contribution in [2.45, 2.75) is 45.1 Å². The van der Waals surface area contributed by atoms with E-state index in [1.165, 1.54) is 0 Å². The van der Waals surface area contributed by atoms with Gasteiger partial charge in [0, 0.05) is 12.0 Å². The van der Waals surface area contributed by atoms with Crippen LogP contribution in [0.1, 0.15) is 44.9 Å². The topological polar surface area (TPSA) is 120 Å². The van der Waals surface area contributed by atoms with Gasteiger partial charge in [0.25, 0.3) is 5.56 Å². The van der Waals surface area contributed by atoms with Gasteiger partial charge in [0.15, 0.2) is 5.65 Å². The summed E-state index contributed by atoms with van der Waals surface area (Å²) < 4.78 is 0. The molecule has 0 bridgehead atoms. The Morgan fingerprint density at radius 2 is 1.89 bits per heavy atom. The molecule has 2 heterocycles. The van der Waals surface area contributed by atoms with Crippen LogP contribution in [0.2, 0.25) is 0 Å². The number of fused-ring (bicyclic) bond motifs is 1. The standard InChI is InChI=1S/C12H19N5O2/c1-6(4-3-5-7(2)13)9-14-8-10(15-9)16-12(19)17-11(8)18/h6-7H,3-5,13H2,1-2H3,(H3,14,15,16,17,18,19). The Morgan fingerprint density at radius 1 is 1.16 bits per heavy atom. The number of aromatic amines is 3. The molecule has 104 valence electrons. The maximum absolute atomic E-state index is 11.6. The van der Waals surface area contributed by atoms with Crippen molar-refractivity contribution in [2.75, 3.05) is 0 Å². The minimum Gasteiger partial charge on any atom is -0.336 e. The number of nitrogens with two attached hydrogens (primary N) is 1. The highest BCUT2D eigenvalue weighted by atomic mass is 16.2. The molecule has 0 spiro atoms. The van der Waals surface area contributed by atoms with Crippen molar-refractivity contribution < 1.29 is 0 Å². The molecule has 2 rings (SSSR count). The van der Waals surface area contributed by atoms with E-state index in [1.54, 1.807) is 0 Å². The molecule has 0 saturated carbocycles.